The van der Waals surface area contributed by atoms with E-state index in [1.165, 1.54) is 0 Å². The molecule has 1 rings (SSSR count). The third-order valence-corrected chi connectivity index (χ3v) is 5.13. The molecule has 4 nitrogen and oxygen atoms in total. The monoisotopic (exact) mass is 378 g/mol. The van der Waals surface area contributed by atoms with E-state index in [9.17, 15) is 8.42 Å². The number of methoxy groups -OCH3 is 1. The Hall–Kier alpha value is -0.430. The lowest BCUT2D eigenvalue weighted by atomic mass is 9.78. The van der Waals surface area contributed by atoms with Crippen molar-refractivity contribution in [1.82, 2.24) is 0 Å². The molecule has 0 saturated heterocycles. The minimum atomic E-state index is -3.87. The summed E-state index contributed by atoms with van der Waals surface area (Å²) in [5.74, 6) is -0.185. The van der Waals surface area contributed by atoms with Crippen LogP contribution in [0.4, 0.5) is 0 Å². The van der Waals surface area contributed by atoms with E-state index in [4.69, 9.17) is 9.29 Å². The number of hydrogen-bond acceptors (Lipinski definition) is 3. The summed E-state index contributed by atoms with van der Waals surface area (Å²) in [4.78, 5) is 0. The quantitative estimate of drug-likeness (QED) is 0.543. The van der Waals surface area contributed by atoms with E-state index in [2.05, 4.69) is 29.8 Å². The summed E-state index contributed by atoms with van der Waals surface area (Å²) in [6, 6.07) is 7.94. The SMILES string of the molecule is COC(c1ccccc1Br)C(C)(C)CCCCS(=O)(=O)O. The Morgan fingerprint density at radius 1 is 1.29 bits per heavy atom. The van der Waals surface area contributed by atoms with Crippen LogP contribution in [0.25, 0.3) is 0 Å². The summed E-state index contributed by atoms with van der Waals surface area (Å²) in [5, 5.41) is 0. The summed E-state index contributed by atoms with van der Waals surface area (Å²) >= 11 is 3.55. The molecule has 1 aromatic rings. The van der Waals surface area contributed by atoms with Gasteiger partial charge in [0.05, 0.1) is 11.9 Å². The second kappa shape index (κ2) is 7.72. The average molecular weight is 379 g/mol. The molecule has 0 radical (unpaired) electrons. The molecule has 21 heavy (non-hydrogen) atoms. The topological polar surface area (TPSA) is 63.6 Å². The van der Waals surface area contributed by atoms with E-state index in [0.29, 0.717) is 6.42 Å². The number of benzene rings is 1. The largest absolute Gasteiger partial charge is 0.376 e. The number of rotatable bonds is 8. The van der Waals surface area contributed by atoms with E-state index in [1.807, 2.05) is 24.3 Å². The smallest absolute Gasteiger partial charge is 0.264 e. The first kappa shape index (κ1) is 18.6. The van der Waals surface area contributed by atoms with Crippen LogP contribution in [-0.4, -0.2) is 25.8 Å². The van der Waals surface area contributed by atoms with Gasteiger partial charge in [0.2, 0.25) is 0 Å². The lowest BCUT2D eigenvalue weighted by Gasteiger charge is -2.34. The Bertz CT molecular complexity index is 555. The van der Waals surface area contributed by atoms with Gasteiger partial charge in [-0.05, 0) is 29.9 Å². The van der Waals surface area contributed by atoms with E-state index < -0.39 is 10.1 Å². The van der Waals surface area contributed by atoms with E-state index >= 15 is 0 Å². The van der Waals surface area contributed by atoms with Gasteiger partial charge in [0.15, 0.2) is 0 Å². The molecule has 0 amide bonds. The molecule has 0 spiro atoms. The summed E-state index contributed by atoms with van der Waals surface area (Å²) in [5.41, 5.74) is 0.942. The zero-order valence-corrected chi connectivity index (χ0v) is 15.1. The van der Waals surface area contributed by atoms with Crippen LogP contribution in [0.2, 0.25) is 0 Å². The van der Waals surface area contributed by atoms with Gasteiger partial charge in [0.1, 0.15) is 0 Å². The fourth-order valence-electron chi connectivity index (χ4n) is 2.55. The number of ether oxygens (including phenoxy) is 1. The fraction of sp³-hybridized carbons (Fsp3) is 0.600. The molecule has 0 heterocycles. The number of halogens is 1. The van der Waals surface area contributed by atoms with Gasteiger partial charge in [-0.2, -0.15) is 8.42 Å². The molecule has 120 valence electrons. The van der Waals surface area contributed by atoms with Gasteiger partial charge in [-0.1, -0.05) is 54.4 Å². The molecule has 0 aliphatic rings. The highest BCUT2D eigenvalue weighted by atomic mass is 79.9. The maximum absolute atomic E-state index is 10.7. The normalized spacial score (nSPS) is 14.1. The molecule has 0 bridgehead atoms. The molecule has 0 saturated carbocycles. The van der Waals surface area contributed by atoms with Crippen LogP contribution < -0.4 is 0 Å². The first-order valence-corrected chi connectivity index (χ1v) is 9.30. The van der Waals surface area contributed by atoms with Gasteiger partial charge in [-0.3, -0.25) is 4.55 Å². The first-order chi connectivity index (χ1) is 9.67. The van der Waals surface area contributed by atoms with Gasteiger partial charge in [0, 0.05) is 11.6 Å². The molecule has 1 N–H and O–H groups in total. The highest BCUT2D eigenvalue weighted by Gasteiger charge is 2.31. The van der Waals surface area contributed by atoms with Gasteiger partial charge < -0.3 is 4.74 Å². The molecule has 1 atom stereocenters. The first-order valence-electron chi connectivity index (χ1n) is 6.90. The minimum absolute atomic E-state index is 0.0844. The van der Waals surface area contributed by atoms with Crippen molar-refractivity contribution in [3.05, 3.63) is 34.3 Å². The zero-order valence-electron chi connectivity index (χ0n) is 12.7. The van der Waals surface area contributed by atoms with Crippen LogP contribution in [-0.2, 0) is 14.9 Å². The van der Waals surface area contributed by atoms with Crippen molar-refractivity contribution in [2.75, 3.05) is 12.9 Å². The van der Waals surface area contributed by atoms with Crippen LogP contribution in [0.3, 0.4) is 0 Å². The predicted octanol–water partition coefficient (Wildman–Crippen LogP) is 4.22. The Morgan fingerprint density at radius 2 is 1.90 bits per heavy atom. The fourth-order valence-corrected chi connectivity index (χ4v) is 3.61. The average Bonchev–Trinajstić information content (AvgIpc) is 2.36. The van der Waals surface area contributed by atoms with E-state index in [1.54, 1.807) is 7.11 Å². The van der Waals surface area contributed by atoms with Gasteiger partial charge in [0.25, 0.3) is 10.1 Å². The van der Waals surface area contributed by atoms with Crippen molar-refractivity contribution in [2.24, 2.45) is 5.41 Å². The molecule has 1 unspecified atom stereocenters. The van der Waals surface area contributed by atoms with Crippen LogP contribution >= 0.6 is 15.9 Å². The van der Waals surface area contributed by atoms with Crippen LogP contribution in [0.15, 0.2) is 28.7 Å². The maximum Gasteiger partial charge on any atom is 0.264 e. The molecular formula is C15H23BrO4S. The zero-order chi connectivity index (χ0) is 16.1. The maximum atomic E-state index is 10.7. The van der Waals surface area contributed by atoms with Crippen molar-refractivity contribution in [3.8, 4) is 0 Å². The number of unbranched alkanes of at least 4 members (excludes halogenated alkanes) is 1. The third kappa shape index (κ3) is 6.06. The second-order valence-electron chi connectivity index (χ2n) is 5.87. The molecule has 0 fully saturated rings. The molecule has 6 heteroatoms. The molecule has 0 aliphatic heterocycles. The van der Waals surface area contributed by atoms with E-state index in [0.717, 1.165) is 22.9 Å². The highest BCUT2D eigenvalue weighted by molar-refractivity contribution is 9.10. The summed E-state index contributed by atoms with van der Waals surface area (Å²) < 4.78 is 36.9. The minimum Gasteiger partial charge on any atom is -0.376 e. The lowest BCUT2D eigenvalue weighted by molar-refractivity contribution is -0.00125. The molecule has 0 aliphatic carbocycles. The van der Waals surface area contributed by atoms with Crippen LogP contribution in [0, 0.1) is 5.41 Å². The Balaban J connectivity index is 2.72. The Kier molecular flexibility index (Phi) is 6.84. The van der Waals surface area contributed by atoms with Crippen molar-refractivity contribution in [2.45, 2.75) is 39.2 Å². The molecular weight excluding hydrogens is 356 g/mol. The standard InChI is InChI=1S/C15H23BrO4S/c1-15(2,10-6-7-11-21(17,18)19)14(20-3)12-8-4-5-9-13(12)16/h4-5,8-9,14H,6-7,10-11H2,1-3H3,(H,17,18,19). The number of hydrogen-bond donors (Lipinski definition) is 1. The van der Waals surface area contributed by atoms with Gasteiger partial charge in [-0.25, -0.2) is 0 Å². The Labute approximate surface area is 135 Å². The van der Waals surface area contributed by atoms with Crippen molar-refractivity contribution in [1.29, 1.82) is 0 Å². The predicted molar refractivity (Wildman–Crippen MR) is 87.9 cm³/mol. The van der Waals surface area contributed by atoms with Crippen molar-refractivity contribution < 1.29 is 17.7 Å². The summed E-state index contributed by atoms with van der Waals surface area (Å²) in [6.07, 6.45) is 1.90. The molecule has 1 aromatic carbocycles. The second-order valence-corrected chi connectivity index (χ2v) is 8.30. The van der Waals surface area contributed by atoms with Gasteiger partial charge >= 0.3 is 0 Å². The van der Waals surface area contributed by atoms with Crippen LogP contribution in [0.1, 0.15) is 44.8 Å². The Morgan fingerprint density at radius 3 is 2.43 bits per heavy atom. The lowest BCUT2D eigenvalue weighted by Crippen LogP contribution is -2.24. The van der Waals surface area contributed by atoms with Crippen molar-refractivity contribution >= 4 is 26.0 Å². The summed E-state index contributed by atoms with van der Waals surface area (Å²) in [6.45, 7) is 4.21. The third-order valence-electron chi connectivity index (χ3n) is 3.61. The van der Waals surface area contributed by atoms with Crippen LogP contribution in [0.5, 0.6) is 0 Å². The summed E-state index contributed by atoms with van der Waals surface area (Å²) in [7, 11) is -2.18. The van der Waals surface area contributed by atoms with Gasteiger partial charge in [-0.15, -0.1) is 0 Å². The van der Waals surface area contributed by atoms with E-state index in [-0.39, 0.29) is 17.3 Å². The molecule has 0 aromatic heterocycles. The highest BCUT2D eigenvalue weighted by Crippen LogP contribution is 2.42. The van der Waals surface area contributed by atoms with Crippen molar-refractivity contribution in [3.63, 3.8) is 0 Å².